The number of halogens is 1. The summed E-state index contributed by atoms with van der Waals surface area (Å²) in [5.74, 6) is -0.00101. The number of hydrogen-bond acceptors (Lipinski definition) is 4. The average molecular weight is 395 g/mol. The molecule has 26 heavy (non-hydrogen) atoms. The van der Waals surface area contributed by atoms with E-state index in [1.807, 2.05) is 0 Å². The minimum absolute atomic E-state index is 0. The Morgan fingerprint density at radius 2 is 1.69 bits per heavy atom. The quantitative estimate of drug-likeness (QED) is 0.755. The van der Waals surface area contributed by atoms with Crippen LogP contribution in [0.4, 0.5) is 0 Å². The number of nitrogens with one attached hydrogen (secondary N) is 1. The Morgan fingerprint density at radius 3 is 2.35 bits per heavy atom. The predicted octanol–water partition coefficient (Wildman–Crippen LogP) is 2.55. The van der Waals surface area contributed by atoms with Gasteiger partial charge in [0.2, 0.25) is 0 Å². The summed E-state index contributed by atoms with van der Waals surface area (Å²) in [6.07, 6.45) is 2.23. The minimum atomic E-state index is -3.51. The summed E-state index contributed by atoms with van der Waals surface area (Å²) in [6.45, 7) is 0.406. The molecule has 7 heteroatoms. The Balaban J connectivity index is 0.00000243. The van der Waals surface area contributed by atoms with Gasteiger partial charge in [-0.2, -0.15) is 0 Å². The summed E-state index contributed by atoms with van der Waals surface area (Å²) in [5.41, 5.74) is 6.88. The lowest BCUT2D eigenvalue weighted by Gasteiger charge is -2.14. The van der Waals surface area contributed by atoms with Crippen molar-refractivity contribution in [3.63, 3.8) is 0 Å². The Hall–Kier alpha value is -1.89. The lowest BCUT2D eigenvalue weighted by atomic mass is 10.1. The molecular formula is C19H23ClN2O3S. The van der Waals surface area contributed by atoms with Crippen LogP contribution < -0.4 is 11.1 Å². The zero-order valence-corrected chi connectivity index (χ0v) is 15.9. The molecule has 1 amide bonds. The van der Waals surface area contributed by atoms with Crippen LogP contribution in [0.1, 0.15) is 28.8 Å². The van der Waals surface area contributed by atoms with Gasteiger partial charge >= 0.3 is 0 Å². The fourth-order valence-electron chi connectivity index (χ4n) is 2.78. The molecule has 0 heterocycles. The molecule has 3 N–H and O–H groups in total. The van der Waals surface area contributed by atoms with E-state index in [1.165, 1.54) is 0 Å². The molecule has 1 unspecified atom stereocenters. The normalized spacial score (nSPS) is 15.0. The highest BCUT2D eigenvalue weighted by Crippen LogP contribution is 2.31. The maximum absolute atomic E-state index is 12.6. The van der Waals surface area contributed by atoms with Gasteiger partial charge in [-0.3, -0.25) is 4.79 Å². The molecular weight excluding hydrogens is 372 g/mol. The molecule has 0 aliphatic heterocycles. The Kier molecular flexibility index (Phi) is 6.81. The third-order valence-electron chi connectivity index (χ3n) is 4.44. The first kappa shape index (κ1) is 20.4. The van der Waals surface area contributed by atoms with Crippen LogP contribution >= 0.6 is 12.4 Å². The molecule has 1 fully saturated rings. The zero-order valence-electron chi connectivity index (χ0n) is 14.3. The van der Waals surface area contributed by atoms with Crippen LogP contribution in [-0.2, 0) is 15.6 Å². The molecule has 0 radical (unpaired) electrons. The maximum Gasteiger partial charge on any atom is 0.251 e. The highest BCUT2D eigenvalue weighted by atomic mass is 35.5. The van der Waals surface area contributed by atoms with Gasteiger partial charge in [0.15, 0.2) is 9.84 Å². The van der Waals surface area contributed by atoms with Crippen molar-refractivity contribution < 1.29 is 13.2 Å². The summed E-state index contributed by atoms with van der Waals surface area (Å²) in [5, 5.41) is 2.83. The second-order valence-electron chi connectivity index (χ2n) is 6.44. The number of carbonyl (C=O) groups is 1. The third-order valence-corrected chi connectivity index (χ3v) is 6.12. The van der Waals surface area contributed by atoms with Gasteiger partial charge in [-0.05, 0) is 42.5 Å². The van der Waals surface area contributed by atoms with E-state index >= 15 is 0 Å². The van der Waals surface area contributed by atoms with E-state index in [-0.39, 0.29) is 35.0 Å². The summed E-state index contributed by atoms with van der Waals surface area (Å²) in [7, 11) is -3.51. The standard InChI is InChI=1S/C19H22N2O3S.ClH/c20-18(14-10-11-14)12-21-19(22)17-9-5-4-6-15(17)13-25(23,24)16-7-2-1-3-8-16;/h1-9,14,18H,10-13,20H2,(H,21,22);1H. The van der Waals surface area contributed by atoms with Crippen molar-refractivity contribution in [2.75, 3.05) is 6.54 Å². The van der Waals surface area contributed by atoms with Gasteiger partial charge in [-0.15, -0.1) is 12.4 Å². The largest absolute Gasteiger partial charge is 0.350 e. The van der Waals surface area contributed by atoms with Crippen LogP contribution in [-0.4, -0.2) is 26.9 Å². The van der Waals surface area contributed by atoms with Gasteiger partial charge in [0.25, 0.3) is 5.91 Å². The van der Waals surface area contributed by atoms with Gasteiger partial charge in [0, 0.05) is 18.2 Å². The van der Waals surface area contributed by atoms with Crippen molar-refractivity contribution in [1.29, 1.82) is 0 Å². The first-order chi connectivity index (χ1) is 12.0. The fourth-order valence-corrected chi connectivity index (χ4v) is 4.18. The van der Waals surface area contributed by atoms with E-state index in [1.54, 1.807) is 54.6 Å². The Morgan fingerprint density at radius 1 is 1.08 bits per heavy atom. The highest BCUT2D eigenvalue weighted by Gasteiger charge is 2.28. The van der Waals surface area contributed by atoms with Gasteiger partial charge in [-0.25, -0.2) is 8.42 Å². The summed E-state index contributed by atoms with van der Waals surface area (Å²) < 4.78 is 25.2. The van der Waals surface area contributed by atoms with E-state index in [9.17, 15) is 13.2 Å². The van der Waals surface area contributed by atoms with Crippen molar-refractivity contribution in [3.05, 3.63) is 65.7 Å². The smallest absolute Gasteiger partial charge is 0.251 e. The van der Waals surface area contributed by atoms with E-state index in [2.05, 4.69) is 5.32 Å². The van der Waals surface area contributed by atoms with Gasteiger partial charge in [0.1, 0.15) is 0 Å². The molecule has 0 bridgehead atoms. The molecule has 1 saturated carbocycles. The second-order valence-corrected chi connectivity index (χ2v) is 8.43. The number of benzene rings is 2. The average Bonchev–Trinajstić information content (AvgIpc) is 3.45. The van der Waals surface area contributed by atoms with Crippen molar-refractivity contribution >= 4 is 28.2 Å². The number of rotatable bonds is 7. The van der Waals surface area contributed by atoms with Crippen LogP contribution in [0.15, 0.2) is 59.5 Å². The number of hydrogen-bond donors (Lipinski definition) is 2. The monoisotopic (exact) mass is 394 g/mol. The van der Waals surface area contributed by atoms with E-state index < -0.39 is 9.84 Å². The lowest BCUT2D eigenvalue weighted by molar-refractivity contribution is 0.0949. The predicted molar refractivity (Wildman–Crippen MR) is 104 cm³/mol. The molecule has 140 valence electrons. The molecule has 1 aliphatic rings. The fraction of sp³-hybridized carbons (Fsp3) is 0.316. The van der Waals surface area contributed by atoms with Gasteiger partial charge < -0.3 is 11.1 Å². The molecule has 5 nitrogen and oxygen atoms in total. The topological polar surface area (TPSA) is 89.3 Å². The molecule has 1 aliphatic carbocycles. The Labute approximate surface area is 160 Å². The first-order valence-electron chi connectivity index (χ1n) is 8.37. The SMILES string of the molecule is Cl.NC(CNC(=O)c1ccccc1CS(=O)(=O)c1ccccc1)C1CC1. The molecule has 2 aromatic carbocycles. The summed E-state index contributed by atoms with van der Waals surface area (Å²) in [6, 6.07) is 15.0. The van der Waals surface area contributed by atoms with Crippen molar-refractivity contribution in [2.45, 2.75) is 29.5 Å². The summed E-state index contributed by atoms with van der Waals surface area (Å²) in [4.78, 5) is 12.7. The zero-order chi connectivity index (χ0) is 17.9. The Bertz CT molecular complexity index is 852. The van der Waals surface area contributed by atoms with Crippen LogP contribution in [0.25, 0.3) is 0 Å². The molecule has 3 rings (SSSR count). The van der Waals surface area contributed by atoms with Gasteiger partial charge in [-0.1, -0.05) is 36.4 Å². The van der Waals surface area contributed by atoms with Crippen LogP contribution in [0, 0.1) is 5.92 Å². The lowest BCUT2D eigenvalue weighted by Crippen LogP contribution is -2.38. The molecule has 1 atom stereocenters. The van der Waals surface area contributed by atoms with E-state index in [0.717, 1.165) is 12.8 Å². The highest BCUT2D eigenvalue weighted by molar-refractivity contribution is 7.90. The minimum Gasteiger partial charge on any atom is -0.350 e. The molecule has 0 aromatic heterocycles. The molecule has 0 saturated heterocycles. The molecule has 0 spiro atoms. The van der Waals surface area contributed by atoms with E-state index in [0.29, 0.717) is 23.6 Å². The van der Waals surface area contributed by atoms with Crippen molar-refractivity contribution in [1.82, 2.24) is 5.32 Å². The van der Waals surface area contributed by atoms with E-state index in [4.69, 9.17) is 5.73 Å². The van der Waals surface area contributed by atoms with Crippen molar-refractivity contribution in [2.24, 2.45) is 11.7 Å². The van der Waals surface area contributed by atoms with Crippen LogP contribution in [0.2, 0.25) is 0 Å². The van der Waals surface area contributed by atoms with Crippen LogP contribution in [0.3, 0.4) is 0 Å². The summed E-state index contributed by atoms with van der Waals surface area (Å²) >= 11 is 0. The van der Waals surface area contributed by atoms with Crippen molar-refractivity contribution in [3.8, 4) is 0 Å². The molecule has 2 aromatic rings. The second kappa shape index (κ2) is 8.66. The van der Waals surface area contributed by atoms with Crippen LogP contribution in [0.5, 0.6) is 0 Å². The van der Waals surface area contributed by atoms with Gasteiger partial charge in [0.05, 0.1) is 10.6 Å². The number of nitrogens with two attached hydrogens (primary N) is 1. The number of sulfone groups is 1. The number of carbonyl (C=O) groups excluding carboxylic acids is 1. The number of amides is 1. The first-order valence-corrected chi connectivity index (χ1v) is 10.0. The maximum atomic E-state index is 12.6. The third kappa shape index (κ3) is 5.06.